The molecular formula is C23H23NO3. The summed E-state index contributed by atoms with van der Waals surface area (Å²) in [6.07, 6.45) is 6.25. The van der Waals surface area contributed by atoms with E-state index in [2.05, 4.69) is 28.8 Å². The van der Waals surface area contributed by atoms with E-state index in [1.807, 2.05) is 12.1 Å². The number of rotatable bonds is 3. The van der Waals surface area contributed by atoms with Gasteiger partial charge in [0.1, 0.15) is 12.2 Å². The summed E-state index contributed by atoms with van der Waals surface area (Å²) in [6.45, 7) is 1.26. The summed E-state index contributed by atoms with van der Waals surface area (Å²) in [5, 5.41) is 10.8. The van der Waals surface area contributed by atoms with Gasteiger partial charge in [0, 0.05) is 5.39 Å². The van der Waals surface area contributed by atoms with Crippen molar-refractivity contribution in [3.63, 3.8) is 0 Å². The SMILES string of the molecule is O=C(O)c1ccc2c(C3CCCCC3)c(-c3ccccc3)n3c2c1OCC3. The van der Waals surface area contributed by atoms with Gasteiger partial charge in [-0.1, -0.05) is 55.7 Å². The molecule has 0 atom stereocenters. The summed E-state index contributed by atoms with van der Waals surface area (Å²) >= 11 is 0. The summed E-state index contributed by atoms with van der Waals surface area (Å²) in [7, 11) is 0. The molecule has 1 fully saturated rings. The van der Waals surface area contributed by atoms with Gasteiger partial charge in [-0.2, -0.15) is 0 Å². The van der Waals surface area contributed by atoms with E-state index in [0.717, 1.165) is 12.1 Å². The molecule has 0 saturated heterocycles. The van der Waals surface area contributed by atoms with Crippen LogP contribution < -0.4 is 4.74 Å². The van der Waals surface area contributed by atoms with Crippen molar-refractivity contribution in [2.75, 3.05) is 6.61 Å². The molecule has 4 nitrogen and oxygen atoms in total. The number of benzene rings is 2. The van der Waals surface area contributed by atoms with Crippen LogP contribution in [0.15, 0.2) is 42.5 Å². The largest absolute Gasteiger partial charge is 0.489 e. The van der Waals surface area contributed by atoms with E-state index in [1.54, 1.807) is 6.07 Å². The van der Waals surface area contributed by atoms with Crippen molar-refractivity contribution in [3.8, 4) is 17.0 Å². The van der Waals surface area contributed by atoms with Gasteiger partial charge in [0.15, 0.2) is 5.75 Å². The van der Waals surface area contributed by atoms with Crippen LogP contribution in [0.4, 0.5) is 0 Å². The second-order valence-electron chi connectivity index (χ2n) is 7.61. The lowest BCUT2D eigenvalue weighted by molar-refractivity contribution is 0.0692. The second kappa shape index (κ2) is 6.45. The second-order valence-corrected chi connectivity index (χ2v) is 7.61. The minimum Gasteiger partial charge on any atom is -0.489 e. The number of carboxylic acids is 1. The number of carbonyl (C=O) groups is 1. The fourth-order valence-corrected chi connectivity index (χ4v) is 4.93. The molecule has 2 aliphatic rings. The maximum Gasteiger partial charge on any atom is 0.339 e. The number of aromatic carboxylic acids is 1. The van der Waals surface area contributed by atoms with Gasteiger partial charge < -0.3 is 14.4 Å². The molecule has 2 heterocycles. The quantitative estimate of drug-likeness (QED) is 0.675. The molecule has 0 spiro atoms. The molecule has 27 heavy (non-hydrogen) atoms. The highest BCUT2D eigenvalue weighted by molar-refractivity contribution is 6.03. The van der Waals surface area contributed by atoms with E-state index >= 15 is 0 Å². The Labute approximate surface area is 158 Å². The normalized spacial score (nSPS) is 17.0. The molecule has 3 aromatic rings. The average Bonchev–Trinajstić information content (AvgIpc) is 3.05. The third-order valence-corrected chi connectivity index (χ3v) is 6.07. The molecule has 1 aliphatic heterocycles. The first kappa shape index (κ1) is 16.4. The topological polar surface area (TPSA) is 51.5 Å². The molecule has 1 aromatic heterocycles. The summed E-state index contributed by atoms with van der Waals surface area (Å²) < 4.78 is 8.18. The molecule has 2 aromatic carbocycles. The van der Waals surface area contributed by atoms with Crippen molar-refractivity contribution in [3.05, 3.63) is 53.6 Å². The van der Waals surface area contributed by atoms with Gasteiger partial charge in [-0.25, -0.2) is 4.79 Å². The minimum absolute atomic E-state index is 0.260. The maximum atomic E-state index is 11.7. The first-order chi connectivity index (χ1) is 13.3. The van der Waals surface area contributed by atoms with Crippen LogP contribution in [-0.2, 0) is 6.54 Å². The van der Waals surface area contributed by atoms with E-state index in [0.29, 0.717) is 18.3 Å². The van der Waals surface area contributed by atoms with Gasteiger partial charge >= 0.3 is 5.97 Å². The molecule has 138 valence electrons. The van der Waals surface area contributed by atoms with Crippen LogP contribution >= 0.6 is 0 Å². The molecule has 0 amide bonds. The summed E-state index contributed by atoms with van der Waals surface area (Å²) in [5.74, 6) is 0.131. The van der Waals surface area contributed by atoms with Gasteiger partial charge in [0.05, 0.1) is 17.8 Å². The Kier molecular flexibility index (Phi) is 3.92. The fraction of sp³-hybridized carbons (Fsp3) is 0.348. The van der Waals surface area contributed by atoms with Crippen LogP contribution in [0.5, 0.6) is 5.75 Å². The van der Waals surface area contributed by atoms with Crippen LogP contribution in [0, 0.1) is 0 Å². The first-order valence-corrected chi connectivity index (χ1v) is 9.86. The Hall–Kier alpha value is -2.75. The summed E-state index contributed by atoms with van der Waals surface area (Å²) in [5.41, 5.74) is 5.07. The molecule has 0 radical (unpaired) electrons. The highest BCUT2D eigenvalue weighted by Crippen LogP contribution is 2.47. The molecule has 1 N–H and O–H groups in total. The summed E-state index contributed by atoms with van der Waals surface area (Å²) in [4.78, 5) is 11.7. The van der Waals surface area contributed by atoms with Crippen molar-refractivity contribution in [2.24, 2.45) is 0 Å². The minimum atomic E-state index is -0.929. The lowest BCUT2D eigenvalue weighted by atomic mass is 9.81. The van der Waals surface area contributed by atoms with E-state index in [-0.39, 0.29) is 5.56 Å². The van der Waals surface area contributed by atoms with Crippen molar-refractivity contribution in [1.82, 2.24) is 4.57 Å². The van der Waals surface area contributed by atoms with E-state index in [1.165, 1.54) is 54.3 Å². The Morgan fingerprint density at radius 3 is 2.56 bits per heavy atom. The number of aromatic nitrogens is 1. The van der Waals surface area contributed by atoms with E-state index in [9.17, 15) is 9.90 Å². The summed E-state index contributed by atoms with van der Waals surface area (Å²) in [6, 6.07) is 14.2. The van der Waals surface area contributed by atoms with Crippen molar-refractivity contribution >= 4 is 16.9 Å². The van der Waals surface area contributed by atoms with Gasteiger partial charge in [0.2, 0.25) is 0 Å². The number of nitrogens with zero attached hydrogens (tertiary/aromatic N) is 1. The van der Waals surface area contributed by atoms with Crippen LogP contribution in [-0.4, -0.2) is 22.2 Å². The van der Waals surface area contributed by atoms with Gasteiger partial charge in [-0.3, -0.25) is 0 Å². The Morgan fingerprint density at radius 1 is 1.04 bits per heavy atom. The number of hydrogen-bond donors (Lipinski definition) is 1. The molecule has 1 saturated carbocycles. The van der Waals surface area contributed by atoms with Crippen LogP contribution in [0.2, 0.25) is 0 Å². The third-order valence-electron chi connectivity index (χ3n) is 6.07. The number of hydrogen-bond acceptors (Lipinski definition) is 2. The number of ether oxygens (including phenoxy) is 1. The predicted octanol–water partition coefficient (Wildman–Crippen LogP) is 5.45. The zero-order valence-electron chi connectivity index (χ0n) is 15.3. The Bertz CT molecular complexity index is 1010. The smallest absolute Gasteiger partial charge is 0.339 e. The van der Waals surface area contributed by atoms with Gasteiger partial charge in [-0.15, -0.1) is 0 Å². The van der Waals surface area contributed by atoms with Crippen LogP contribution in [0.3, 0.4) is 0 Å². The molecular weight excluding hydrogens is 338 g/mol. The maximum absolute atomic E-state index is 11.7. The van der Waals surface area contributed by atoms with Gasteiger partial charge in [-0.05, 0) is 36.0 Å². The lowest BCUT2D eigenvalue weighted by Gasteiger charge is -2.24. The molecule has 4 heteroatoms. The molecule has 1 aliphatic carbocycles. The monoisotopic (exact) mass is 361 g/mol. The predicted molar refractivity (Wildman–Crippen MR) is 106 cm³/mol. The van der Waals surface area contributed by atoms with Crippen molar-refractivity contribution in [2.45, 2.75) is 44.6 Å². The first-order valence-electron chi connectivity index (χ1n) is 9.86. The fourth-order valence-electron chi connectivity index (χ4n) is 4.93. The average molecular weight is 361 g/mol. The Morgan fingerprint density at radius 2 is 1.81 bits per heavy atom. The highest BCUT2D eigenvalue weighted by Gasteiger charge is 2.31. The number of carboxylic acid groups (broad SMARTS) is 1. The zero-order valence-corrected chi connectivity index (χ0v) is 15.3. The van der Waals surface area contributed by atoms with Crippen LogP contribution in [0.25, 0.3) is 22.2 Å². The Balaban J connectivity index is 1.86. The van der Waals surface area contributed by atoms with Crippen molar-refractivity contribution in [1.29, 1.82) is 0 Å². The highest BCUT2D eigenvalue weighted by atomic mass is 16.5. The third kappa shape index (κ3) is 2.54. The van der Waals surface area contributed by atoms with Crippen molar-refractivity contribution < 1.29 is 14.6 Å². The van der Waals surface area contributed by atoms with E-state index in [4.69, 9.17) is 4.74 Å². The van der Waals surface area contributed by atoms with Gasteiger partial charge in [0.25, 0.3) is 0 Å². The molecule has 5 rings (SSSR count). The standard InChI is InChI=1S/C23H23NO3/c25-23(26)18-12-11-17-19(15-7-3-1-4-8-15)20(16-9-5-2-6-10-16)24-13-14-27-22(18)21(17)24/h2,5-6,9-12,15H,1,3-4,7-8,13-14H2,(H,25,26). The molecule has 0 bridgehead atoms. The molecule has 0 unspecified atom stereocenters. The van der Waals surface area contributed by atoms with Crippen LogP contribution in [0.1, 0.15) is 53.9 Å². The zero-order chi connectivity index (χ0) is 18.4. The van der Waals surface area contributed by atoms with E-state index < -0.39 is 5.97 Å². The lowest BCUT2D eigenvalue weighted by Crippen LogP contribution is -2.17.